The summed E-state index contributed by atoms with van der Waals surface area (Å²) in [5, 5.41) is 13.7. The van der Waals surface area contributed by atoms with Gasteiger partial charge in [-0.25, -0.2) is 4.98 Å². The molecule has 1 amide bonds. The monoisotopic (exact) mass is 351 g/mol. The number of carbonyl (C=O) groups is 1. The number of aromatic nitrogens is 2. The van der Waals surface area contributed by atoms with Crippen LogP contribution in [0.1, 0.15) is 21.5 Å². The Morgan fingerprint density at radius 2 is 1.92 bits per heavy atom. The van der Waals surface area contributed by atoms with Crippen LogP contribution in [0, 0.1) is 10.1 Å². The van der Waals surface area contributed by atoms with Gasteiger partial charge in [0.25, 0.3) is 11.6 Å². The van der Waals surface area contributed by atoms with Gasteiger partial charge in [0, 0.05) is 37.1 Å². The average molecular weight is 351 g/mol. The number of nitrogens with two attached hydrogens (primary N) is 1. The Labute approximate surface area is 149 Å². The van der Waals surface area contributed by atoms with Crippen molar-refractivity contribution in [1.82, 2.24) is 14.9 Å². The number of nitro groups is 1. The predicted octanol–water partition coefficient (Wildman–Crippen LogP) is 2.35. The van der Waals surface area contributed by atoms with Crippen molar-refractivity contribution in [3.8, 4) is 0 Å². The fourth-order valence-corrected chi connectivity index (χ4v) is 2.48. The van der Waals surface area contributed by atoms with Gasteiger partial charge in [0.15, 0.2) is 0 Å². The largest absolute Gasteiger partial charge is 0.393 e. The number of nitrogens with one attached hydrogen (secondary N) is 1. The molecular weight excluding hydrogens is 334 g/mol. The molecule has 1 heterocycles. The van der Waals surface area contributed by atoms with Gasteiger partial charge in [-0.2, -0.15) is 0 Å². The number of benzene rings is 2. The molecule has 1 aromatic heterocycles. The van der Waals surface area contributed by atoms with E-state index in [-0.39, 0.29) is 16.9 Å². The van der Waals surface area contributed by atoms with Crippen molar-refractivity contribution in [1.29, 1.82) is 0 Å². The first kappa shape index (κ1) is 17.2. The van der Waals surface area contributed by atoms with E-state index in [1.54, 1.807) is 12.5 Å². The second kappa shape index (κ2) is 7.47. The first-order valence-corrected chi connectivity index (χ1v) is 7.88. The number of imidazole rings is 1. The molecular formula is C18H17N5O3. The molecule has 3 rings (SSSR count). The second-order valence-corrected chi connectivity index (χ2v) is 5.76. The third-order valence-electron chi connectivity index (χ3n) is 3.89. The molecule has 0 saturated carbocycles. The summed E-state index contributed by atoms with van der Waals surface area (Å²) >= 11 is 0. The first-order valence-electron chi connectivity index (χ1n) is 7.88. The zero-order chi connectivity index (χ0) is 18.5. The molecule has 3 aromatic rings. The molecule has 3 N–H and O–H groups in total. The summed E-state index contributed by atoms with van der Waals surface area (Å²) in [6.45, 7) is 1.05. The number of nitrogen functional groups attached to an aromatic ring is 1. The zero-order valence-electron chi connectivity index (χ0n) is 13.8. The van der Waals surface area contributed by atoms with Crippen molar-refractivity contribution in [2.24, 2.45) is 0 Å². The van der Waals surface area contributed by atoms with Gasteiger partial charge in [0.2, 0.25) is 0 Å². The molecule has 8 nitrogen and oxygen atoms in total. The van der Waals surface area contributed by atoms with Gasteiger partial charge < -0.3 is 15.6 Å². The number of nitrogens with zero attached hydrogens (tertiary/aromatic N) is 3. The SMILES string of the molecule is Nc1ccc(C(=O)NCc2ccc(Cn3ccnc3)cc2)cc1[N+](=O)[O-]. The van der Waals surface area contributed by atoms with E-state index in [0.29, 0.717) is 6.54 Å². The van der Waals surface area contributed by atoms with E-state index in [9.17, 15) is 14.9 Å². The number of hydrogen-bond donors (Lipinski definition) is 2. The van der Waals surface area contributed by atoms with Crippen molar-refractivity contribution in [2.45, 2.75) is 13.1 Å². The molecule has 0 aliphatic rings. The van der Waals surface area contributed by atoms with E-state index in [2.05, 4.69) is 10.3 Å². The van der Waals surface area contributed by atoms with Crippen LogP contribution in [0.15, 0.2) is 61.2 Å². The van der Waals surface area contributed by atoms with Crippen molar-refractivity contribution in [3.63, 3.8) is 0 Å². The Morgan fingerprint density at radius 1 is 1.19 bits per heavy atom. The van der Waals surface area contributed by atoms with E-state index >= 15 is 0 Å². The van der Waals surface area contributed by atoms with Crippen LogP contribution in [0.25, 0.3) is 0 Å². The Kier molecular flexibility index (Phi) is 4.93. The highest BCUT2D eigenvalue weighted by Gasteiger charge is 2.15. The summed E-state index contributed by atoms with van der Waals surface area (Å²) in [6.07, 6.45) is 5.37. The summed E-state index contributed by atoms with van der Waals surface area (Å²) < 4.78 is 1.96. The van der Waals surface area contributed by atoms with Crippen molar-refractivity contribution < 1.29 is 9.72 Å². The topological polar surface area (TPSA) is 116 Å². The fraction of sp³-hybridized carbons (Fsp3) is 0.111. The third kappa shape index (κ3) is 4.04. The number of anilines is 1. The van der Waals surface area contributed by atoms with Crippen molar-refractivity contribution in [3.05, 3.63) is 88.0 Å². The highest BCUT2D eigenvalue weighted by molar-refractivity contribution is 5.95. The van der Waals surface area contributed by atoms with Crippen molar-refractivity contribution in [2.75, 3.05) is 5.73 Å². The highest BCUT2D eigenvalue weighted by atomic mass is 16.6. The molecule has 8 heteroatoms. The molecule has 0 fully saturated rings. The van der Waals surface area contributed by atoms with E-state index < -0.39 is 10.8 Å². The standard InChI is InChI=1S/C18H17N5O3/c19-16-6-5-15(9-17(16)23(25)26)18(24)21-10-13-1-3-14(4-2-13)11-22-8-7-20-12-22/h1-9,12H,10-11,19H2,(H,21,24). The van der Waals surface area contributed by atoms with Crippen LogP contribution in [0.5, 0.6) is 0 Å². The molecule has 0 aliphatic carbocycles. The number of amides is 1. The molecule has 132 valence electrons. The normalized spacial score (nSPS) is 10.5. The first-order chi connectivity index (χ1) is 12.5. The highest BCUT2D eigenvalue weighted by Crippen LogP contribution is 2.22. The van der Waals surface area contributed by atoms with Gasteiger partial charge >= 0.3 is 0 Å². The third-order valence-corrected chi connectivity index (χ3v) is 3.89. The quantitative estimate of drug-likeness (QED) is 0.402. The molecule has 0 bridgehead atoms. The summed E-state index contributed by atoms with van der Waals surface area (Å²) in [5.41, 5.74) is 7.53. The summed E-state index contributed by atoms with van der Waals surface area (Å²) in [5.74, 6) is -0.393. The Morgan fingerprint density at radius 3 is 2.58 bits per heavy atom. The van der Waals surface area contributed by atoms with Gasteiger partial charge in [0.05, 0.1) is 11.3 Å². The number of carbonyl (C=O) groups excluding carboxylic acids is 1. The minimum absolute atomic E-state index is 0.0278. The second-order valence-electron chi connectivity index (χ2n) is 5.76. The van der Waals surface area contributed by atoms with Crippen LogP contribution < -0.4 is 11.1 Å². The summed E-state index contributed by atoms with van der Waals surface area (Å²) in [6, 6.07) is 11.8. The molecule has 2 aromatic carbocycles. The fourth-order valence-electron chi connectivity index (χ4n) is 2.48. The maximum Gasteiger partial charge on any atom is 0.292 e. The lowest BCUT2D eigenvalue weighted by molar-refractivity contribution is -0.383. The lowest BCUT2D eigenvalue weighted by Gasteiger charge is -2.08. The maximum absolute atomic E-state index is 12.2. The van der Waals surface area contributed by atoms with E-state index in [4.69, 9.17) is 5.73 Å². The molecule has 0 saturated heterocycles. The van der Waals surface area contributed by atoms with E-state index in [1.165, 1.54) is 18.2 Å². The number of rotatable bonds is 6. The van der Waals surface area contributed by atoms with Crippen LogP contribution in [0.3, 0.4) is 0 Å². The van der Waals surface area contributed by atoms with Gasteiger partial charge in [-0.15, -0.1) is 0 Å². The van der Waals surface area contributed by atoms with Gasteiger partial charge in [-0.1, -0.05) is 24.3 Å². The molecule has 26 heavy (non-hydrogen) atoms. The minimum atomic E-state index is -0.606. The Hall–Kier alpha value is -3.68. The lowest BCUT2D eigenvalue weighted by atomic mass is 10.1. The number of nitro benzene ring substituents is 1. The van der Waals surface area contributed by atoms with Crippen LogP contribution in [0.2, 0.25) is 0 Å². The summed E-state index contributed by atoms with van der Waals surface area (Å²) in [4.78, 5) is 26.5. The summed E-state index contributed by atoms with van der Waals surface area (Å²) in [7, 11) is 0. The molecule has 0 aliphatic heterocycles. The van der Waals surface area contributed by atoms with E-state index in [1.807, 2.05) is 35.0 Å². The Balaban J connectivity index is 1.61. The Bertz CT molecular complexity index is 921. The predicted molar refractivity (Wildman–Crippen MR) is 96.5 cm³/mol. The number of hydrogen-bond acceptors (Lipinski definition) is 5. The van der Waals surface area contributed by atoms with Crippen LogP contribution >= 0.6 is 0 Å². The van der Waals surface area contributed by atoms with Gasteiger partial charge in [-0.3, -0.25) is 14.9 Å². The van der Waals surface area contributed by atoms with Crippen LogP contribution in [-0.4, -0.2) is 20.4 Å². The van der Waals surface area contributed by atoms with Crippen molar-refractivity contribution >= 4 is 17.3 Å². The molecule has 0 atom stereocenters. The minimum Gasteiger partial charge on any atom is -0.393 e. The lowest BCUT2D eigenvalue weighted by Crippen LogP contribution is -2.23. The van der Waals surface area contributed by atoms with Gasteiger partial charge in [-0.05, 0) is 23.3 Å². The van der Waals surface area contributed by atoms with Crippen LogP contribution in [-0.2, 0) is 13.1 Å². The molecule has 0 unspecified atom stereocenters. The molecule has 0 radical (unpaired) electrons. The molecule has 0 spiro atoms. The maximum atomic E-state index is 12.2. The zero-order valence-corrected chi connectivity index (χ0v) is 13.8. The van der Waals surface area contributed by atoms with Crippen LogP contribution in [0.4, 0.5) is 11.4 Å². The van der Waals surface area contributed by atoms with E-state index in [0.717, 1.165) is 17.7 Å². The van der Waals surface area contributed by atoms with Gasteiger partial charge in [0.1, 0.15) is 5.69 Å². The smallest absolute Gasteiger partial charge is 0.292 e. The average Bonchev–Trinajstić information content (AvgIpc) is 3.14.